The lowest BCUT2D eigenvalue weighted by Gasteiger charge is -2.38. The summed E-state index contributed by atoms with van der Waals surface area (Å²) in [6.07, 6.45) is 9.05. The van der Waals surface area contributed by atoms with Gasteiger partial charge in [0.05, 0.1) is 11.0 Å². The molecule has 1 atom stereocenters. The highest BCUT2D eigenvalue weighted by atomic mass is 35.5. The van der Waals surface area contributed by atoms with Gasteiger partial charge in [-0.25, -0.2) is 4.98 Å². The average molecular weight is 359 g/mol. The molecule has 2 aromatic rings. The van der Waals surface area contributed by atoms with Gasteiger partial charge in [0.1, 0.15) is 10.3 Å². The summed E-state index contributed by atoms with van der Waals surface area (Å²) in [4.78, 5) is 8.20. The van der Waals surface area contributed by atoms with Gasteiger partial charge < -0.3 is 4.98 Å². The first-order chi connectivity index (χ1) is 11.5. The summed E-state index contributed by atoms with van der Waals surface area (Å²) in [6.45, 7) is 4.56. The first-order valence-electron chi connectivity index (χ1n) is 8.37. The molecule has 1 aromatic carbocycles. The van der Waals surface area contributed by atoms with E-state index < -0.39 is 0 Å². The van der Waals surface area contributed by atoms with Gasteiger partial charge in [-0.2, -0.15) is 0 Å². The Bertz CT molecular complexity index is 845. The van der Waals surface area contributed by atoms with Crippen LogP contribution in [0.5, 0.6) is 0 Å². The smallest absolute Gasteiger partial charge is 0.138 e. The Kier molecular flexibility index (Phi) is 3.85. The van der Waals surface area contributed by atoms with Gasteiger partial charge in [0.2, 0.25) is 0 Å². The Labute approximate surface area is 152 Å². The maximum absolute atomic E-state index is 6.05. The van der Waals surface area contributed by atoms with Gasteiger partial charge in [-0.3, -0.25) is 0 Å². The van der Waals surface area contributed by atoms with E-state index in [0.717, 1.165) is 33.9 Å². The molecule has 0 saturated heterocycles. The number of rotatable bonds is 3. The first-order valence-corrected chi connectivity index (χ1v) is 9.13. The van der Waals surface area contributed by atoms with E-state index in [2.05, 4.69) is 31.0 Å². The molecule has 2 aliphatic rings. The van der Waals surface area contributed by atoms with Gasteiger partial charge in [-0.15, -0.1) is 0 Å². The van der Waals surface area contributed by atoms with E-state index in [0.29, 0.717) is 5.92 Å². The normalized spacial score (nSPS) is 22.9. The summed E-state index contributed by atoms with van der Waals surface area (Å²) < 4.78 is 0.288. The van der Waals surface area contributed by atoms with Crippen LogP contribution in [0.25, 0.3) is 16.6 Å². The Balaban J connectivity index is 1.89. The summed E-state index contributed by atoms with van der Waals surface area (Å²) in [6, 6.07) is 8.08. The lowest BCUT2D eigenvalue weighted by atomic mass is 9.66. The fraction of sp³-hybridized carbons (Fsp3) is 0.350. The van der Waals surface area contributed by atoms with Crippen molar-refractivity contribution < 1.29 is 0 Å². The minimum atomic E-state index is -0.0285. The molecule has 2 aliphatic carbocycles. The van der Waals surface area contributed by atoms with Crippen molar-refractivity contribution in [3.63, 3.8) is 0 Å². The number of allylic oxidation sites excluding steroid dienone is 5. The number of H-pyrrole nitrogens is 1. The predicted octanol–water partition coefficient (Wildman–Crippen LogP) is 6.26. The molecular weight excluding hydrogens is 339 g/mol. The maximum atomic E-state index is 6.05. The molecule has 1 heterocycles. The number of aromatic nitrogens is 2. The zero-order valence-electron chi connectivity index (χ0n) is 13.8. The molecule has 0 radical (unpaired) electrons. The first kappa shape index (κ1) is 16.0. The molecule has 1 saturated carbocycles. The van der Waals surface area contributed by atoms with Crippen molar-refractivity contribution in [1.29, 1.82) is 0 Å². The van der Waals surface area contributed by atoms with Crippen molar-refractivity contribution in [2.24, 2.45) is 17.3 Å². The molecule has 4 rings (SSSR count). The van der Waals surface area contributed by atoms with Crippen LogP contribution < -0.4 is 0 Å². The third-order valence-electron chi connectivity index (χ3n) is 5.32. The summed E-state index contributed by atoms with van der Waals surface area (Å²) in [7, 11) is 0. The molecule has 0 spiro atoms. The van der Waals surface area contributed by atoms with Crippen LogP contribution in [0.3, 0.4) is 0 Å². The van der Waals surface area contributed by atoms with E-state index in [1.165, 1.54) is 12.8 Å². The van der Waals surface area contributed by atoms with Crippen LogP contribution in [0.2, 0.25) is 0 Å². The third kappa shape index (κ3) is 2.72. The Morgan fingerprint density at radius 1 is 1.25 bits per heavy atom. The molecule has 0 aliphatic heterocycles. The van der Waals surface area contributed by atoms with Gasteiger partial charge in [-0.1, -0.05) is 61.3 Å². The largest absolute Gasteiger partial charge is 0.338 e. The summed E-state index contributed by atoms with van der Waals surface area (Å²) in [5.41, 5.74) is 4.21. The molecule has 1 aromatic heterocycles. The molecule has 1 unspecified atom stereocenters. The molecule has 24 heavy (non-hydrogen) atoms. The second-order valence-electron chi connectivity index (χ2n) is 7.31. The van der Waals surface area contributed by atoms with Gasteiger partial charge >= 0.3 is 0 Å². The second kappa shape index (κ2) is 5.79. The van der Waals surface area contributed by atoms with Gasteiger partial charge in [-0.05, 0) is 53.9 Å². The van der Waals surface area contributed by atoms with E-state index in [1.54, 1.807) is 0 Å². The van der Waals surface area contributed by atoms with E-state index >= 15 is 0 Å². The molecular formula is C20H20Cl2N2. The summed E-state index contributed by atoms with van der Waals surface area (Å²) >= 11 is 12.1. The quantitative estimate of drug-likeness (QED) is 0.689. The summed E-state index contributed by atoms with van der Waals surface area (Å²) in [5.74, 6) is 2.16. The van der Waals surface area contributed by atoms with Crippen molar-refractivity contribution in [2.75, 3.05) is 0 Å². The fourth-order valence-electron chi connectivity index (χ4n) is 3.92. The molecule has 124 valence electrons. The Morgan fingerprint density at radius 2 is 2.00 bits per heavy atom. The number of para-hydroxylation sites is 2. The van der Waals surface area contributed by atoms with E-state index in [-0.39, 0.29) is 9.91 Å². The SMILES string of the molecule is CC1(C)C(C=C(Cl)Cl)=C(c2nc3ccccc3[nH]2)C=CC1C1CC1. The van der Waals surface area contributed by atoms with Gasteiger partial charge in [0.25, 0.3) is 0 Å². The van der Waals surface area contributed by atoms with Crippen LogP contribution in [-0.2, 0) is 0 Å². The van der Waals surface area contributed by atoms with Crippen LogP contribution in [0.15, 0.2) is 52.6 Å². The number of nitrogens with zero attached hydrogens (tertiary/aromatic N) is 1. The van der Waals surface area contributed by atoms with Crippen LogP contribution >= 0.6 is 23.2 Å². The summed E-state index contributed by atoms with van der Waals surface area (Å²) in [5, 5.41) is 0. The van der Waals surface area contributed by atoms with Crippen molar-refractivity contribution in [3.8, 4) is 0 Å². The van der Waals surface area contributed by atoms with Crippen LogP contribution in [0.1, 0.15) is 32.5 Å². The van der Waals surface area contributed by atoms with E-state index in [4.69, 9.17) is 28.2 Å². The fourth-order valence-corrected chi connectivity index (χ4v) is 4.14. The molecule has 1 N–H and O–H groups in total. The Morgan fingerprint density at radius 3 is 2.67 bits per heavy atom. The predicted molar refractivity (Wildman–Crippen MR) is 102 cm³/mol. The van der Waals surface area contributed by atoms with Crippen molar-refractivity contribution >= 4 is 39.8 Å². The highest BCUT2D eigenvalue weighted by Gasteiger charge is 2.43. The standard InChI is InChI=1S/C20H20Cl2N2/c1-20(2)14(12-7-8-12)10-9-13(15(20)11-18(21)22)19-23-16-5-3-4-6-17(16)24-19/h3-6,9-12,14H,7-8H2,1-2H3,(H,23,24). The number of benzene rings is 1. The zero-order chi connectivity index (χ0) is 16.9. The monoisotopic (exact) mass is 358 g/mol. The molecule has 2 nitrogen and oxygen atoms in total. The van der Waals surface area contributed by atoms with E-state index in [1.807, 2.05) is 30.3 Å². The number of nitrogens with one attached hydrogen (secondary N) is 1. The number of aromatic amines is 1. The highest BCUT2D eigenvalue weighted by Crippen LogP contribution is 2.54. The van der Waals surface area contributed by atoms with Crippen LogP contribution in [0.4, 0.5) is 0 Å². The highest BCUT2D eigenvalue weighted by molar-refractivity contribution is 6.56. The van der Waals surface area contributed by atoms with Gasteiger partial charge in [0.15, 0.2) is 0 Å². The molecule has 0 amide bonds. The molecule has 0 bridgehead atoms. The number of imidazole rings is 1. The van der Waals surface area contributed by atoms with Gasteiger partial charge in [0, 0.05) is 5.57 Å². The lowest BCUT2D eigenvalue weighted by Crippen LogP contribution is -2.29. The lowest BCUT2D eigenvalue weighted by molar-refractivity contribution is 0.292. The minimum absolute atomic E-state index is 0.0285. The number of hydrogen-bond acceptors (Lipinski definition) is 1. The minimum Gasteiger partial charge on any atom is -0.338 e. The van der Waals surface area contributed by atoms with Crippen molar-refractivity contribution in [3.05, 3.63) is 58.4 Å². The molecule has 4 heteroatoms. The second-order valence-corrected chi connectivity index (χ2v) is 8.32. The number of hydrogen-bond donors (Lipinski definition) is 1. The molecule has 1 fully saturated rings. The number of fused-ring (bicyclic) bond motifs is 1. The maximum Gasteiger partial charge on any atom is 0.138 e. The van der Waals surface area contributed by atoms with Crippen LogP contribution in [-0.4, -0.2) is 9.97 Å². The number of halogens is 2. The Hall–Kier alpha value is -1.51. The van der Waals surface area contributed by atoms with Crippen molar-refractivity contribution in [2.45, 2.75) is 26.7 Å². The topological polar surface area (TPSA) is 28.7 Å². The van der Waals surface area contributed by atoms with Crippen LogP contribution in [0, 0.1) is 17.3 Å². The van der Waals surface area contributed by atoms with Crippen molar-refractivity contribution in [1.82, 2.24) is 9.97 Å². The third-order valence-corrected chi connectivity index (χ3v) is 5.53. The average Bonchev–Trinajstić information content (AvgIpc) is 3.26. The van der Waals surface area contributed by atoms with E-state index in [9.17, 15) is 0 Å². The zero-order valence-corrected chi connectivity index (χ0v) is 15.3.